The molecule has 37 heavy (non-hydrogen) atoms. The summed E-state index contributed by atoms with van der Waals surface area (Å²) in [7, 11) is 0. The lowest BCUT2D eigenvalue weighted by Crippen LogP contribution is -2.43. The maximum absolute atomic E-state index is 12.9. The number of amides is 1. The molecule has 190 valence electrons. The zero-order valence-electron chi connectivity index (χ0n) is 21.0. The third-order valence-corrected chi connectivity index (χ3v) is 6.50. The van der Waals surface area contributed by atoms with Gasteiger partial charge in [0, 0.05) is 67.3 Å². The molecular weight excluding hydrogens is 466 g/mol. The van der Waals surface area contributed by atoms with Crippen LogP contribution in [0.2, 0.25) is 0 Å². The summed E-state index contributed by atoms with van der Waals surface area (Å²) in [6.07, 6.45) is 5.31. The van der Waals surface area contributed by atoms with Gasteiger partial charge in [0.2, 0.25) is 5.95 Å². The SMILES string of the molecule is Cc1cnc(Nc2ccc(N3CCNCC3)cc2)nc1-n1ccc(C(=O)NC(C)c2ccccc2O)c1. The summed E-state index contributed by atoms with van der Waals surface area (Å²) in [6, 6.07) is 16.7. The first-order chi connectivity index (χ1) is 18.0. The van der Waals surface area contributed by atoms with Gasteiger partial charge >= 0.3 is 0 Å². The number of benzene rings is 2. The largest absolute Gasteiger partial charge is 0.508 e. The Labute approximate surface area is 216 Å². The van der Waals surface area contributed by atoms with Crippen LogP contribution in [0.4, 0.5) is 17.3 Å². The van der Waals surface area contributed by atoms with Crippen molar-refractivity contribution in [3.05, 3.63) is 89.9 Å². The highest BCUT2D eigenvalue weighted by molar-refractivity contribution is 5.94. The molecule has 9 heteroatoms. The molecule has 1 saturated heterocycles. The molecule has 1 aliphatic heterocycles. The molecule has 0 aliphatic carbocycles. The lowest BCUT2D eigenvalue weighted by Gasteiger charge is -2.29. The molecule has 5 rings (SSSR count). The topological polar surface area (TPSA) is 107 Å². The van der Waals surface area contributed by atoms with Crippen LogP contribution in [0.3, 0.4) is 0 Å². The van der Waals surface area contributed by atoms with Crippen LogP contribution in [-0.2, 0) is 0 Å². The summed E-state index contributed by atoms with van der Waals surface area (Å²) in [5, 5.41) is 19.7. The van der Waals surface area contributed by atoms with Crippen LogP contribution in [0.1, 0.15) is 34.5 Å². The molecule has 0 bridgehead atoms. The molecule has 1 amide bonds. The average Bonchev–Trinajstić information content (AvgIpc) is 3.41. The van der Waals surface area contributed by atoms with Gasteiger partial charge in [-0.15, -0.1) is 0 Å². The lowest BCUT2D eigenvalue weighted by molar-refractivity contribution is 0.0939. The summed E-state index contributed by atoms with van der Waals surface area (Å²) in [4.78, 5) is 24.4. The number of hydrogen-bond donors (Lipinski definition) is 4. The van der Waals surface area contributed by atoms with Crippen LogP contribution in [0.5, 0.6) is 5.75 Å². The van der Waals surface area contributed by atoms with Gasteiger partial charge in [-0.3, -0.25) is 4.79 Å². The zero-order valence-corrected chi connectivity index (χ0v) is 21.0. The second-order valence-corrected chi connectivity index (χ2v) is 9.17. The smallest absolute Gasteiger partial charge is 0.253 e. The van der Waals surface area contributed by atoms with E-state index in [4.69, 9.17) is 4.98 Å². The number of hydrogen-bond acceptors (Lipinski definition) is 7. The molecule has 2 aromatic carbocycles. The fourth-order valence-electron chi connectivity index (χ4n) is 4.44. The second-order valence-electron chi connectivity index (χ2n) is 9.17. The van der Waals surface area contributed by atoms with E-state index in [0.29, 0.717) is 22.9 Å². The molecule has 4 N–H and O–H groups in total. The van der Waals surface area contributed by atoms with Crippen molar-refractivity contribution in [2.24, 2.45) is 0 Å². The highest BCUT2D eigenvalue weighted by atomic mass is 16.3. The van der Waals surface area contributed by atoms with Crippen molar-refractivity contribution < 1.29 is 9.90 Å². The number of piperazine rings is 1. The summed E-state index contributed by atoms with van der Waals surface area (Å²) in [6.45, 7) is 7.77. The number of aromatic nitrogens is 3. The number of phenolic OH excluding ortho intramolecular Hbond substituents is 1. The predicted octanol–water partition coefficient (Wildman–Crippen LogP) is 3.93. The number of aryl methyl sites for hydroxylation is 1. The summed E-state index contributed by atoms with van der Waals surface area (Å²) < 4.78 is 1.81. The molecule has 0 spiro atoms. The molecule has 1 unspecified atom stereocenters. The molecule has 4 aromatic rings. The summed E-state index contributed by atoms with van der Waals surface area (Å²) >= 11 is 0. The van der Waals surface area contributed by atoms with E-state index in [1.165, 1.54) is 5.69 Å². The van der Waals surface area contributed by atoms with E-state index in [2.05, 4.69) is 38.0 Å². The Bertz CT molecular complexity index is 1380. The molecule has 0 saturated carbocycles. The van der Waals surface area contributed by atoms with Crippen molar-refractivity contribution in [2.75, 3.05) is 36.4 Å². The Balaban J connectivity index is 1.28. The fourth-order valence-corrected chi connectivity index (χ4v) is 4.44. The second kappa shape index (κ2) is 10.7. The first-order valence-corrected chi connectivity index (χ1v) is 12.4. The van der Waals surface area contributed by atoms with Gasteiger partial charge in [-0.05, 0) is 50.2 Å². The van der Waals surface area contributed by atoms with Gasteiger partial charge in [-0.25, -0.2) is 4.98 Å². The minimum absolute atomic E-state index is 0.156. The molecule has 9 nitrogen and oxygen atoms in total. The van der Waals surface area contributed by atoms with Gasteiger partial charge in [0.15, 0.2) is 0 Å². The number of rotatable bonds is 7. The van der Waals surface area contributed by atoms with E-state index in [9.17, 15) is 9.90 Å². The number of phenols is 1. The van der Waals surface area contributed by atoms with E-state index >= 15 is 0 Å². The summed E-state index contributed by atoms with van der Waals surface area (Å²) in [5.74, 6) is 1.08. The van der Waals surface area contributed by atoms with E-state index in [1.54, 1.807) is 42.9 Å². The minimum atomic E-state index is -0.341. The number of para-hydroxylation sites is 1. The molecule has 3 heterocycles. The molecule has 1 atom stereocenters. The Morgan fingerprint density at radius 3 is 2.59 bits per heavy atom. The maximum Gasteiger partial charge on any atom is 0.253 e. The first kappa shape index (κ1) is 24.3. The normalized spacial score (nSPS) is 14.3. The highest BCUT2D eigenvalue weighted by Gasteiger charge is 2.16. The van der Waals surface area contributed by atoms with Gasteiger partial charge in [0.1, 0.15) is 11.6 Å². The van der Waals surface area contributed by atoms with Crippen molar-refractivity contribution in [2.45, 2.75) is 19.9 Å². The number of nitrogens with zero attached hydrogens (tertiary/aromatic N) is 4. The van der Waals surface area contributed by atoms with E-state index in [-0.39, 0.29) is 17.7 Å². The number of carbonyl (C=O) groups is 1. The number of nitrogens with one attached hydrogen (secondary N) is 3. The van der Waals surface area contributed by atoms with Crippen LogP contribution in [0, 0.1) is 6.92 Å². The van der Waals surface area contributed by atoms with Crippen molar-refractivity contribution >= 4 is 23.2 Å². The third-order valence-electron chi connectivity index (χ3n) is 6.50. The quantitative estimate of drug-likeness (QED) is 0.307. The van der Waals surface area contributed by atoms with Crippen molar-refractivity contribution in [3.8, 4) is 11.6 Å². The van der Waals surface area contributed by atoms with Crippen LogP contribution >= 0.6 is 0 Å². The molecular formula is C28H31N7O2. The highest BCUT2D eigenvalue weighted by Crippen LogP contribution is 2.24. The first-order valence-electron chi connectivity index (χ1n) is 12.4. The molecule has 2 aromatic heterocycles. The lowest BCUT2D eigenvalue weighted by atomic mass is 10.1. The zero-order chi connectivity index (χ0) is 25.8. The van der Waals surface area contributed by atoms with Crippen LogP contribution < -0.4 is 20.9 Å². The van der Waals surface area contributed by atoms with Crippen LogP contribution in [-0.4, -0.2) is 51.7 Å². The molecule has 0 radical (unpaired) electrons. The number of aromatic hydroxyl groups is 1. The standard InChI is InChI=1S/C28H31N7O2/c1-19-17-30-28(32-22-7-9-23(10-8-22)34-15-12-29-13-16-34)33-26(19)35-14-11-21(18-35)27(37)31-20(2)24-5-3-4-6-25(24)36/h3-11,14,17-18,20,29,36H,12-13,15-16H2,1-2H3,(H,31,37)(H,30,32,33). The number of carbonyl (C=O) groups excluding carboxylic acids is 1. The van der Waals surface area contributed by atoms with E-state index in [1.807, 2.05) is 36.6 Å². The molecule has 1 fully saturated rings. The Morgan fingerprint density at radius 2 is 1.84 bits per heavy atom. The van der Waals surface area contributed by atoms with Gasteiger partial charge in [-0.2, -0.15) is 4.98 Å². The Morgan fingerprint density at radius 1 is 1.08 bits per heavy atom. The van der Waals surface area contributed by atoms with Crippen molar-refractivity contribution in [3.63, 3.8) is 0 Å². The van der Waals surface area contributed by atoms with Gasteiger partial charge < -0.3 is 30.5 Å². The van der Waals surface area contributed by atoms with Gasteiger partial charge in [-0.1, -0.05) is 18.2 Å². The Hall–Kier alpha value is -4.37. The average molecular weight is 498 g/mol. The Kier molecular flexibility index (Phi) is 7.04. The van der Waals surface area contributed by atoms with Crippen molar-refractivity contribution in [1.29, 1.82) is 0 Å². The monoisotopic (exact) mass is 497 g/mol. The van der Waals surface area contributed by atoms with Crippen LogP contribution in [0.15, 0.2) is 73.2 Å². The van der Waals surface area contributed by atoms with Gasteiger partial charge in [0.25, 0.3) is 5.91 Å². The third kappa shape index (κ3) is 5.57. The van der Waals surface area contributed by atoms with Crippen molar-refractivity contribution in [1.82, 2.24) is 25.2 Å². The fraction of sp³-hybridized carbons (Fsp3) is 0.250. The maximum atomic E-state index is 12.9. The predicted molar refractivity (Wildman–Crippen MR) is 145 cm³/mol. The molecule has 1 aliphatic rings. The number of anilines is 3. The minimum Gasteiger partial charge on any atom is -0.508 e. The van der Waals surface area contributed by atoms with Crippen LogP contribution in [0.25, 0.3) is 5.82 Å². The summed E-state index contributed by atoms with van der Waals surface area (Å²) in [5.41, 5.74) is 4.15. The van der Waals surface area contributed by atoms with E-state index in [0.717, 1.165) is 37.4 Å². The van der Waals surface area contributed by atoms with E-state index < -0.39 is 0 Å². The van der Waals surface area contributed by atoms with Gasteiger partial charge in [0.05, 0.1) is 11.6 Å².